The van der Waals surface area contributed by atoms with Gasteiger partial charge in [-0.1, -0.05) is 24.2 Å². The van der Waals surface area contributed by atoms with Crippen molar-refractivity contribution in [3.8, 4) is 11.4 Å². The lowest BCUT2D eigenvalue weighted by Gasteiger charge is -2.19. The number of aryl methyl sites for hydroxylation is 2. The molecule has 1 aliphatic carbocycles. The van der Waals surface area contributed by atoms with E-state index in [0.717, 1.165) is 42.6 Å². The van der Waals surface area contributed by atoms with Gasteiger partial charge in [0.05, 0.1) is 5.69 Å². The van der Waals surface area contributed by atoms with Crippen LogP contribution in [0.3, 0.4) is 0 Å². The number of anilines is 1. The molecular weight excluding hydrogens is 370 g/mol. The van der Waals surface area contributed by atoms with Gasteiger partial charge in [-0.15, -0.1) is 11.3 Å². The molecular formula is C18H19N3O3S2. The zero-order valence-electron chi connectivity index (χ0n) is 14.4. The molecule has 2 aromatic heterocycles. The minimum atomic E-state index is -3.65. The molecule has 1 aromatic carbocycles. The third-order valence-corrected chi connectivity index (χ3v) is 7.31. The maximum atomic E-state index is 12.8. The summed E-state index contributed by atoms with van der Waals surface area (Å²) in [4.78, 5) is 4.25. The van der Waals surface area contributed by atoms with Gasteiger partial charge in [0.1, 0.15) is 4.21 Å². The first kappa shape index (κ1) is 17.2. The van der Waals surface area contributed by atoms with Gasteiger partial charge in [-0.3, -0.25) is 4.72 Å². The SMILES string of the molecule is CCc1nc(-c2csc(S(=O)(=O)Nc3cccc4c3CCCC4)c2)no1. The van der Waals surface area contributed by atoms with Crippen LogP contribution in [0.1, 0.15) is 36.8 Å². The minimum Gasteiger partial charge on any atom is -0.339 e. The number of hydrogen-bond donors (Lipinski definition) is 1. The lowest BCUT2D eigenvalue weighted by Crippen LogP contribution is -2.15. The van der Waals surface area contributed by atoms with E-state index in [1.807, 2.05) is 19.1 Å². The highest BCUT2D eigenvalue weighted by Gasteiger charge is 2.22. The summed E-state index contributed by atoms with van der Waals surface area (Å²) in [6.07, 6.45) is 4.80. The Labute approximate surface area is 156 Å². The maximum absolute atomic E-state index is 12.8. The van der Waals surface area contributed by atoms with Gasteiger partial charge in [0.25, 0.3) is 10.0 Å². The highest BCUT2D eigenvalue weighted by Crippen LogP contribution is 2.32. The zero-order chi connectivity index (χ0) is 18.1. The summed E-state index contributed by atoms with van der Waals surface area (Å²) in [6, 6.07) is 7.42. The van der Waals surface area contributed by atoms with Crippen molar-refractivity contribution >= 4 is 27.0 Å². The van der Waals surface area contributed by atoms with Crippen molar-refractivity contribution in [1.82, 2.24) is 10.1 Å². The minimum absolute atomic E-state index is 0.240. The summed E-state index contributed by atoms with van der Waals surface area (Å²) in [6.45, 7) is 1.92. The van der Waals surface area contributed by atoms with Crippen LogP contribution in [0.15, 0.2) is 38.4 Å². The predicted molar refractivity (Wildman–Crippen MR) is 101 cm³/mol. The molecule has 4 rings (SSSR count). The van der Waals surface area contributed by atoms with E-state index in [4.69, 9.17) is 4.52 Å². The molecule has 2 heterocycles. The number of thiophene rings is 1. The first-order chi connectivity index (χ1) is 12.6. The Balaban J connectivity index is 1.62. The molecule has 0 aliphatic heterocycles. The second-order valence-electron chi connectivity index (χ2n) is 6.28. The van der Waals surface area contributed by atoms with E-state index in [1.54, 1.807) is 11.4 Å². The van der Waals surface area contributed by atoms with Crippen LogP contribution < -0.4 is 4.72 Å². The van der Waals surface area contributed by atoms with Crippen LogP contribution in [0.25, 0.3) is 11.4 Å². The van der Waals surface area contributed by atoms with Gasteiger partial charge in [0, 0.05) is 17.4 Å². The van der Waals surface area contributed by atoms with Gasteiger partial charge in [0.15, 0.2) is 0 Å². The maximum Gasteiger partial charge on any atom is 0.271 e. The molecule has 8 heteroatoms. The first-order valence-corrected chi connectivity index (χ1v) is 11.0. The van der Waals surface area contributed by atoms with Gasteiger partial charge in [-0.25, -0.2) is 8.42 Å². The molecule has 26 heavy (non-hydrogen) atoms. The van der Waals surface area contributed by atoms with Gasteiger partial charge >= 0.3 is 0 Å². The molecule has 0 unspecified atom stereocenters. The largest absolute Gasteiger partial charge is 0.339 e. The second kappa shape index (κ2) is 6.85. The lowest BCUT2D eigenvalue weighted by molar-refractivity contribution is 0.383. The number of rotatable bonds is 5. The molecule has 0 amide bonds. The summed E-state index contributed by atoms with van der Waals surface area (Å²) in [5.74, 6) is 0.946. The summed E-state index contributed by atoms with van der Waals surface area (Å²) in [5.41, 5.74) is 3.69. The van der Waals surface area contributed by atoms with Gasteiger partial charge in [-0.05, 0) is 48.9 Å². The third kappa shape index (κ3) is 3.26. The highest BCUT2D eigenvalue weighted by atomic mass is 32.2. The van der Waals surface area contributed by atoms with Gasteiger partial charge < -0.3 is 4.52 Å². The smallest absolute Gasteiger partial charge is 0.271 e. The molecule has 1 aliphatic rings. The van der Waals surface area contributed by atoms with Gasteiger partial charge in [-0.2, -0.15) is 4.98 Å². The second-order valence-corrected chi connectivity index (χ2v) is 9.10. The van der Waals surface area contributed by atoms with Crippen LogP contribution in [0, 0.1) is 0 Å². The quantitative estimate of drug-likeness (QED) is 0.712. The van der Waals surface area contributed by atoms with E-state index in [1.165, 1.54) is 5.56 Å². The van der Waals surface area contributed by atoms with Crippen molar-refractivity contribution < 1.29 is 12.9 Å². The summed E-state index contributed by atoms with van der Waals surface area (Å²) in [7, 11) is -3.65. The van der Waals surface area contributed by atoms with E-state index in [0.29, 0.717) is 29.4 Å². The number of nitrogens with one attached hydrogen (secondary N) is 1. The van der Waals surface area contributed by atoms with Crippen LogP contribution in [0.2, 0.25) is 0 Å². The van der Waals surface area contributed by atoms with E-state index < -0.39 is 10.0 Å². The molecule has 6 nitrogen and oxygen atoms in total. The van der Waals surface area contributed by atoms with Crippen LogP contribution in [0.4, 0.5) is 5.69 Å². The third-order valence-electron chi connectivity index (χ3n) is 4.51. The lowest BCUT2D eigenvalue weighted by atomic mass is 9.91. The Morgan fingerprint density at radius 2 is 2.12 bits per heavy atom. The summed E-state index contributed by atoms with van der Waals surface area (Å²) < 4.78 is 33.8. The average molecular weight is 390 g/mol. The van der Waals surface area contributed by atoms with E-state index in [-0.39, 0.29) is 4.21 Å². The molecule has 1 N–H and O–H groups in total. The molecule has 0 saturated heterocycles. The molecule has 0 bridgehead atoms. The first-order valence-electron chi connectivity index (χ1n) is 8.62. The van der Waals surface area contributed by atoms with Crippen LogP contribution in [0.5, 0.6) is 0 Å². The Morgan fingerprint density at radius 3 is 2.92 bits per heavy atom. The highest BCUT2D eigenvalue weighted by molar-refractivity contribution is 7.94. The zero-order valence-corrected chi connectivity index (χ0v) is 16.0. The fourth-order valence-electron chi connectivity index (χ4n) is 3.16. The molecule has 136 valence electrons. The molecule has 0 fully saturated rings. The van der Waals surface area contributed by atoms with Crippen LogP contribution in [-0.4, -0.2) is 18.6 Å². The summed E-state index contributed by atoms with van der Waals surface area (Å²) >= 11 is 1.15. The van der Waals surface area contributed by atoms with Crippen molar-refractivity contribution in [3.63, 3.8) is 0 Å². The number of nitrogens with zero attached hydrogens (tertiary/aromatic N) is 2. The Morgan fingerprint density at radius 1 is 1.27 bits per heavy atom. The molecule has 0 saturated carbocycles. The molecule has 0 radical (unpaired) electrons. The molecule has 0 atom stereocenters. The van der Waals surface area contributed by atoms with Crippen molar-refractivity contribution in [1.29, 1.82) is 0 Å². The Bertz CT molecular complexity index is 1040. The van der Waals surface area contributed by atoms with Crippen LogP contribution >= 0.6 is 11.3 Å². The predicted octanol–water partition coefficient (Wildman–Crippen LogP) is 4.04. The number of aromatic nitrogens is 2. The Hall–Kier alpha value is -2.19. The fourth-order valence-corrected chi connectivity index (χ4v) is 5.41. The monoisotopic (exact) mass is 389 g/mol. The number of hydrogen-bond acceptors (Lipinski definition) is 6. The average Bonchev–Trinajstić information content (AvgIpc) is 3.31. The topological polar surface area (TPSA) is 85.1 Å². The summed E-state index contributed by atoms with van der Waals surface area (Å²) in [5, 5.41) is 5.64. The number of fused-ring (bicyclic) bond motifs is 1. The van der Waals surface area contributed by atoms with Crippen molar-refractivity contribution in [2.45, 2.75) is 43.2 Å². The van der Waals surface area contributed by atoms with E-state index in [9.17, 15) is 8.42 Å². The van der Waals surface area contributed by atoms with Crippen LogP contribution in [-0.2, 0) is 29.3 Å². The normalized spacial score (nSPS) is 14.2. The van der Waals surface area contributed by atoms with Crippen molar-refractivity contribution in [2.75, 3.05) is 4.72 Å². The fraction of sp³-hybridized carbons (Fsp3) is 0.333. The van der Waals surface area contributed by atoms with Crippen molar-refractivity contribution in [2.24, 2.45) is 0 Å². The molecule has 3 aromatic rings. The van der Waals surface area contributed by atoms with Crippen molar-refractivity contribution in [3.05, 3.63) is 46.7 Å². The number of benzene rings is 1. The van der Waals surface area contributed by atoms with E-state index in [2.05, 4.69) is 20.9 Å². The van der Waals surface area contributed by atoms with E-state index >= 15 is 0 Å². The standard InChI is InChI=1S/C18H19N3O3S2/c1-2-16-19-18(20-24-16)13-10-17(25-11-13)26(22,23)21-15-9-5-7-12-6-3-4-8-14(12)15/h5,7,9-11,21H,2-4,6,8H2,1H3. The van der Waals surface area contributed by atoms with Gasteiger partial charge in [0.2, 0.25) is 11.7 Å². The number of sulfonamides is 1. The Kier molecular flexibility index (Phi) is 4.54. The molecule has 0 spiro atoms.